The van der Waals surface area contributed by atoms with Crippen molar-refractivity contribution in [2.75, 3.05) is 6.54 Å². The Morgan fingerprint density at radius 3 is 2.88 bits per heavy atom. The zero-order chi connectivity index (χ0) is 12.1. The minimum atomic E-state index is 0.748. The van der Waals surface area contributed by atoms with Gasteiger partial charge in [0.2, 0.25) is 0 Å². The highest BCUT2D eigenvalue weighted by Crippen LogP contribution is 2.04. The van der Waals surface area contributed by atoms with Crippen LogP contribution in [0.15, 0.2) is 24.5 Å². The molecule has 2 aromatic heterocycles. The van der Waals surface area contributed by atoms with Crippen LogP contribution in [-0.4, -0.2) is 26.5 Å². The van der Waals surface area contributed by atoms with E-state index in [2.05, 4.69) is 27.5 Å². The van der Waals surface area contributed by atoms with Gasteiger partial charge in [-0.2, -0.15) is 10.2 Å². The Hall–Kier alpha value is -1.75. The highest BCUT2D eigenvalue weighted by Gasteiger charge is 2.02. The van der Waals surface area contributed by atoms with Crippen molar-refractivity contribution < 1.29 is 0 Å². The van der Waals surface area contributed by atoms with Crippen molar-refractivity contribution in [1.82, 2.24) is 25.3 Å². The van der Waals surface area contributed by atoms with E-state index in [1.54, 1.807) is 4.68 Å². The van der Waals surface area contributed by atoms with E-state index in [4.69, 9.17) is 0 Å². The average Bonchev–Trinajstić information content (AvgIpc) is 2.79. The van der Waals surface area contributed by atoms with Crippen LogP contribution in [0.3, 0.4) is 0 Å². The van der Waals surface area contributed by atoms with Crippen LogP contribution in [-0.2, 0) is 6.54 Å². The van der Waals surface area contributed by atoms with Gasteiger partial charge in [-0.3, -0.25) is 0 Å². The Kier molecular flexibility index (Phi) is 3.82. The third-order valence-corrected chi connectivity index (χ3v) is 2.41. The number of rotatable bonds is 5. The predicted molar refractivity (Wildman–Crippen MR) is 65.9 cm³/mol. The first-order valence-corrected chi connectivity index (χ1v) is 5.84. The molecule has 0 unspecified atom stereocenters. The van der Waals surface area contributed by atoms with Crippen LogP contribution < -0.4 is 5.32 Å². The molecule has 0 saturated carbocycles. The number of aromatic nitrogens is 4. The highest BCUT2D eigenvalue weighted by molar-refractivity contribution is 5.21. The fraction of sp³-hybridized carbons (Fsp3) is 0.417. The normalized spacial score (nSPS) is 10.7. The van der Waals surface area contributed by atoms with Crippen molar-refractivity contribution in [3.05, 3.63) is 35.8 Å². The van der Waals surface area contributed by atoms with E-state index in [0.29, 0.717) is 0 Å². The summed E-state index contributed by atoms with van der Waals surface area (Å²) >= 11 is 0. The molecule has 0 aliphatic carbocycles. The van der Waals surface area contributed by atoms with E-state index in [1.807, 2.05) is 31.5 Å². The Morgan fingerprint density at radius 2 is 2.18 bits per heavy atom. The summed E-state index contributed by atoms with van der Waals surface area (Å²) in [6.45, 7) is 5.93. The largest absolute Gasteiger partial charge is 0.313 e. The van der Waals surface area contributed by atoms with Crippen LogP contribution in [0, 0.1) is 6.92 Å². The molecule has 0 amide bonds. The van der Waals surface area contributed by atoms with Gasteiger partial charge in [-0.1, -0.05) is 6.92 Å². The number of hydrogen-bond donors (Lipinski definition) is 1. The molecule has 0 aliphatic heterocycles. The third kappa shape index (κ3) is 3.10. The Bertz CT molecular complexity index is 460. The molecule has 0 spiro atoms. The fourth-order valence-electron chi connectivity index (χ4n) is 1.50. The van der Waals surface area contributed by atoms with E-state index >= 15 is 0 Å². The first-order valence-electron chi connectivity index (χ1n) is 5.84. The molecule has 0 radical (unpaired) electrons. The number of nitrogens with one attached hydrogen (secondary N) is 1. The topological polar surface area (TPSA) is 55.6 Å². The molecule has 0 saturated heterocycles. The lowest BCUT2D eigenvalue weighted by molar-refractivity contribution is 0.675. The summed E-state index contributed by atoms with van der Waals surface area (Å²) < 4.78 is 1.75. The highest BCUT2D eigenvalue weighted by atomic mass is 15.3. The maximum Gasteiger partial charge on any atom is 0.175 e. The van der Waals surface area contributed by atoms with Crippen molar-refractivity contribution >= 4 is 0 Å². The van der Waals surface area contributed by atoms with Gasteiger partial charge in [-0.25, -0.2) is 4.68 Å². The van der Waals surface area contributed by atoms with Gasteiger partial charge in [0, 0.05) is 18.3 Å². The van der Waals surface area contributed by atoms with Gasteiger partial charge in [-0.05, 0) is 32.0 Å². The minimum Gasteiger partial charge on any atom is -0.313 e. The van der Waals surface area contributed by atoms with Crippen molar-refractivity contribution in [3.8, 4) is 5.82 Å². The first-order chi connectivity index (χ1) is 8.29. The lowest BCUT2D eigenvalue weighted by atomic mass is 10.3. The minimum absolute atomic E-state index is 0.748. The second kappa shape index (κ2) is 5.54. The van der Waals surface area contributed by atoms with Crippen LogP contribution in [0.25, 0.3) is 5.82 Å². The summed E-state index contributed by atoms with van der Waals surface area (Å²) in [5.41, 5.74) is 2.06. The Morgan fingerprint density at radius 1 is 1.29 bits per heavy atom. The predicted octanol–water partition coefficient (Wildman–Crippen LogP) is 1.47. The zero-order valence-corrected chi connectivity index (χ0v) is 10.2. The second-order valence-corrected chi connectivity index (χ2v) is 4.00. The van der Waals surface area contributed by atoms with Crippen molar-refractivity contribution in [2.24, 2.45) is 0 Å². The van der Waals surface area contributed by atoms with Crippen LogP contribution in [0.2, 0.25) is 0 Å². The van der Waals surface area contributed by atoms with Crippen LogP contribution in [0.4, 0.5) is 0 Å². The Balaban J connectivity index is 2.04. The standard InChI is InChI=1S/C12H17N5/c1-3-6-13-7-11-8-14-17(9-11)12-5-4-10(2)15-16-12/h4-5,8-9,13H,3,6-7H2,1-2H3. The van der Waals surface area contributed by atoms with Gasteiger partial charge in [0.1, 0.15) is 0 Å². The van der Waals surface area contributed by atoms with E-state index in [0.717, 1.165) is 36.6 Å². The molecule has 2 aromatic rings. The van der Waals surface area contributed by atoms with Gasteiger partial charge in [0.15, 0.2) is 5.82 Å². The molecular weight excluding hydrogens is 214 g/mol. The van der Waals surface area contributed by atoms with Crippen molar-refractivity contribution in [2.45, 2.75) is 26.8 Å². The summed E-state index contributed by atoms with van der Waals surface area (Å²) in [7, 11) is 0. The molecule has 0 bridgehead atoms. The zero-order valence-electron chi connectivity index (χ0n) is 10.2. The lowest BCUT2D eigenvalue weighted by Gasteiger charge is -2.00. The number of aryl methyl sites for hydroxylation is 1. The molecule has 0 aromatic carbocycles. The monoisotopic (exact) mass is 231 g/mol. The summed E-state index contributed by atoms with van der Waals surface area (Å²) in [5, 5.41) is 15.7. The first kappa shape index (κ1) is 11.7. The van der Waals surface area contributed by atoms with E-state index < -0.39 is 0 Å². The molecule has 90 valence electrons. The van der Waals surface area contributed by atoms with Crippen molar-refractivity contribution in [3.63, 3.8) is 0 Å². The molecule has 1 N–H and O–H groups in total. The molecule has 0 fully saturated rings. The molecule has 17 heavy (non-hydrogen) atoms. The van der Waals surface area contributed by atoms with Gasteiger partial charge in [-0.15, -0.1) is 5.10 Å². The van der Waals surface area contributed by atoms with E-state index in [9.17, 15) is 0 Å². The van der Waals surface area contributed by atoms with Crippen molar-refractivity contribution in [1.29, 1.82) is 0 Å². The quantitative estimate of drug-likeness (QED) is 0.792. The third-order valence-electron chi connectivity index (χ3n) is 2.41. The average molecular weight is 231 g/mol. The number of hydrogen-bond acceptors (Lipinski definition) is 4. The maximum atomic E-state index is 4.27. The second-order valence-electron chi connectivity index (χ2n) is 4.00. The molecule has 5 heteroatoms. The molecule has 0 atom stereocenters. The molecule has 2 heterocycles. The van der Waals surface area contributed by atoms with Crippen LogP contribution in [0.5, 0.6) is 0 Å². The van der Waals surface area contributed by atoms with Gasteiger partial charge < -0.3 is 5.32 Å². The lowest BCUT2D eigenvalue weighted by Crippen LogP contribution is -2.13. The molecule has 0 aliphatic rings. The summed E-state index contributed by atoms with van der Waals surface area (Å²) in [4.78, 5) is 0. The van der Waals surface area contributed by atoms with Crippen LogP contribution in [0.1, 0.15) is 24.6 Å². The fourth-order valence-corrected chi connectivity index (χ4v) is 1.50. The SMILES string of the molecule is CCCNCc1cnn(-c2ccc(C)nn2)c1. The smallest absolute Gasteiger partial charge is 0.175 e. The summed E-state index contributed by atoms with van der Waals surface area (Å²) in [6, 6.07) is 3.84. The molecule has 5 nitrogen and oxygen atoms in total. The summed E-state index contributed by atoms with van der Waals surface area (Å²) in [5.74, 6) is 0.748. The maximum absolute atomic E-state index is 4.27. The van der Waals surface area contributed by atoms with Gasteiger partial charge >= 0.3 is 0 Å². The molecule has 2 rings (SSSR count). The molecular formula is C12H17N5. The van der Waals surface area contributed by atoms with E-state index in [-0.39, 0.29) is 0 Å². The van der Waals surface area contributed by atoms with Gasteiger partial charge in [0.25, 0.3) is 0 Å². The van der Waals surface area contributed by atoms with Crippen LogP contribution >= 0.6 is 0 Å². The number of nitrogens with zero attached hydrogens (tertiary/aromatic N) is 4. The Labute approximate surface area is 101 Å². The van der Waals surface area contributed by atoms with Gasteiger partial charge in [0.05, 0.1) is 11.9 Å². The van der Waals surface area contributed by atoms with E-state index in [1.165, 1.54) is 0 Å². The summed E-state index contributed by atoms with van der Waals surface area (Å²) in [6.07, 6.45) is 4.96.